The smallest absolute Gasteiger partial charge is 0.322 e. The molecule has 1 fully saturated rings. The summed E-state index contributed by atoms with van der Waals surface area (Å²) in [5, 5.41) is 12.4. The van der Waals surface area contributed by atoms with E-state index in [-0.39, 0.29) is 35.8 Å². The van der Waals surface area contributed by atoms with Crippen molar-refractivity contribution in [2.45, 2.75) is 32.7 Å². The van der Waals surface area contributed by atoms with Gasteiger partial charge in [0.15, 0.2) is 0 Å². The highest BCUT2D eigenvalue weighted by molar-refractivity contribution is 5.90. The normalized spacial score (nSPS) is 20.2. The number of rotatable bonds is 3. The molecule has 2 heterocycles. The molecule has 0 radical (unpaired) electrons. The topological polar surface area (TPSA) is 79.5 Å². The molecular formula is C19H26N4O3. The Labute approximate surface area is 152 Å². The van der Waals surface area contributed by atoms with Crippen LogP contribution in [0.3, 0.4) is 0 Å². The number of likely N-dealkylation sites (tertiary alicyclic amines) is 1. The highest BCUT2D eigenvalue weighted by Crippen LogP contribution is 2.24. The third-order valence-corrected chi connectivity index (χ3v) is 5.35. The number of anilines is 1. The summed E-state index contributed by atoms with van der Waals surface area (Å²) in [6.07, 6.45) is 1.88. The molecule has 0 spiro atoms. The standard InChI is InChI=1S/C19H26N4O3/c1-13-8-7-11-22(16(13)12-24)19(26)20-17-14(2)21(3)23(18(17)25)15-9-5-4-6-10-15/h4-6,9-10,13,16,24H,7-8,11-12H2,1-3H3,(H,20,26)/t13-,16-/m0/s1. The summed E-state index contributed by atoms with van der Waals surface area (Å²) in [4.78, 5) is 27.3. The Balaban J connectivity index is 1.91. The number of carbonyl (C=O) groups is 1. The summed E-state index contributed by atoms with van der Waals surface area (Å²) in [7, 11) is 1.79. The molecule has 1 saturated heterocycles. The Morgan fingerprint density at radius 3 is 2.65 bits per heavy atom. The van der Waals surface area contributed by atoms with Crippen molar-refractivity contribution in [3.63, 3.8) is 0 Å². The van der Waals surface area contributed by atoms with Gasteiger partial charge in [0.2, 0.25) is 0 Å². The first-order valence-corrected chi connectivity index (χ1v) is 8.98. The Bertz CT molecular complexity index is 840. The van der Waals surface area contributed by atoms with Crippen LogP contribution in [-0.4, -0.2) is 44.6 Å². The molecule has 2 N–H and O–H groups in total. The van der Waals surface area contributed by atoms with E-state index in [1.807, 2.05) is 37.3 Å². The molecule has 0 bridgehead atoms. The van der Waals surface area contributed by atoms with Crippen molar-refractivity contribution in [2.24, 2.45) is 13.0 Å². The third kappa shape index (κ3) is 3.14. The fourth-order valence-corrected chi connectivity index (χ4v) is 3.67. The number of nitrogens with zero attached hydrogens (tertiary/aromatic N) is 3. The van der Waals surface area contributed by atoms with Crippen LogP contribution in [-0.2, 0) is 7.05 Å². The summed E-state index contributed by atoms with van der Waals surface area (Å²) < 4.78 is 3.27. The fraction of sp³-hybridized carbons (Fsp3) is 0.474. The van der Waals surface area contributed by atoms with E-state index < -0.39 is 0 Å². The lowest BCUT2D eigenvalue weighted by Crippen LogP contribution is -2.51. The predicted molar refractivity (Wildman–Crippen MR) is 101 cm³/mol. The number of para-hydroxylation sites is 1. The van der Waals surface area contributed by atoms with E-state index in [2.05, 4.69) is 5.32 Å². The maximum absolute atomic E-state index is 12.9. The van der Waals surface area contributed by atoms with Gasteiger partial charge >= 0.3 is 6.03 Å². The van der Waals surface area contributed by atoms with Crippen molar-refractivity contribution in [1.29, 1.82) is 0 Å². The van der Waals surface area contributed by atoms with Gasteiger partial charge in [-0.3, -0.25) is 9.48 Å². The number of amides is 2. The number of aromatic nitrogens is 2. The molecule has 1 aromatic carbocycles. The zero-order chi connectivity index (χ0) is 18.8. The number of hydrogen-bond donors (Lipinski definition) is 2. The van der Waals surface area contributed by atoms with Gasteiger partial charge in [0.05, 0.1) is 24.0 Å². The van der Waals surface area contributed by atoms with Crippen molar-refractivity contribution in [2.75, 3.05) is 18.5 Å². The molecule has 3 rings (SSSR count). The van der Waals surface area contributed by atoms with Gasteiger partial charge in [0.25, 0.3) is 5.56 Å². The van der Waals surface area contributed by atoms with Crippen LogP contribution < -0.4 is 10.9 Å². The first-order valence-electron chi connectivity index (χ1n) is 8.98. The van der Waals surface area contributed by atoms with Crippen LogP contribution in [0.4, 0.5) is 10.5 Å². The number of aliphatic hydroxyl groups excluding tert-OH is 1. The lowest BCUT2D eigenvalue weighted by atomic mass is 9.91. The molecule has 0 saturated carbocycles. The lowest BCUT2D eigenvalue weighted by Gasteiger charge is -2.38. The monoisotopic (exact) mass is 358 g/mol. The van der Waals surface area contributed by atoms with Crippen molar-refractivity contribution in [3.8, 4) is 5.69 Å². The minimum Gasteiger partial charge on any atom is -0.394 e. The maximum atomic E-state index is 12.9. The van der Waals surface area contributed by atoms with Gasteiger partial charge in [-0.05, 0) is 37.8 Å². The number of piperidine rings is 1. The molecular weight excluding hydrogens is 332 g/mol. The molecule has 7 heteroatoms. The lowest BCUT2D eigenvalue weighted by molar-refractivity contribution is 0.0811. The van der Waals surface area contributed by atoms with Crippen LogP contribution >= 0.6 is 0 Å². The summed E-state index contributed by atoms with van der Waals surface area (Å²) in [5.41, 5.74) is 1.42. The quantitative estimate of drug-likeness (QED) is 0.882. The molecule has 1 aliphatic rings. The highest BCUT2D eigenvalue weighted by Gasteiger charge is 2.32. The van der Waals surface area contributed by atoms with E-state index in [9.17, 15) is 14.7 Å². The minimum absolute atomic E-state index is 0.0728. The second kappa shape index (κ2) is 7.37. The molecule has 140 valence electrons. The summed E-state index contributed by atoms with van der Waals surface area (Å²) in [6.45, 7) is 4.35. The summed E-state index contributed by atoms with van der Waals surface area (Å²) in [5.74, 6) is 0.234. The van der Waals surface area contributed by atoms with Gasteiger partial charge in [0, 0.05) is 13.6 Å². The molecule has 2 aromatic rings. The largest absolute Gasteiger partial charge is 0.394 e. The van der Waals surface area contributed by atoms with E-state index >= 15 is 0 Å². The highest BCUT2D eigenvalue weighted by atomic mass is 16.3. The van der Waals surface area contributed by atoms with Crippen LogP contribution in [0.15, 0.2) is 35.1 Å². The second-order valence-corrected chi connectivity index (χ2v) is 6.93. The van der Waals surface area contributed by atoms with E-state index in [0.29, 0.717) is 12.2 Å². The molecule has 1 aromatic heterocycles. The van der Waals surface area contributed by atoms with Crippen molar-refractivity contribution < 1.29 is 9.90 Å². The predicted octanol–water partition coefficient (Wildman–Crippen LogP) is 2.11. The fourth-order valence-electron chi connectivity index (χ4n) is 3.67. The number of urea groups is 1. The van der Waals surface area contributed by atoms with E-state index in [4.69, 9.17) is 0 Å². The van der Waals surface area contributed by atoms with E-state index in [0.717, 1.165) is 18.5 Å². The van der Waals surface area contributed by atoms with Crippen LogP contribution in [0.2, 0.25) is 0 Å². The zero-order valence-corrected chi connectivity index (χ0v) is 15.5. The van der Waals surface area contributed by atoms with Gasteiger partial charge < -0.3 is 15.3 Å². The van der Waals surface area contributed by atoms with E-state index in [1.165, 1.54) is 4.68 Å². The Hall–Kier alpha value is -2.54. The number of hydrogen-bond acceptors (Lipinski definition) is 3. The summed E-state index contributed by atoms with van der Waals surface area (Å²) in [6, 6.07) is 8.76. The molecule has 0 aliphatic carbocycles. The third-order valence-electron chi connectivity index (χ3n) is 5.35. The Morgan fingerprint density at radius 1 is 1.31 bits per heavy atom. The zero-order valence-electron chi connectivity index (χ0n) is 15.5. The molecule has 26 heavy (non-hydrogen) atoms. The number of nitrogens with one attached hydrogen (secondary N) is 1. The van der Waals surface area contributed by atoms with Crippen LogP contribution in [0.5, 0.6) is 0 Å². The first-order chi connectivity index (χ1) is 12.5. The minimum atomic E-state index is -0.332. The van der Waals surface area contributed by atoms with Crippen LogP contribution in [0.25, 0.3) is 5.69 Å². The van der Waals surface area contributed by atoms with Crippen molar-refractivity contribution >= 4 is 11.7 Å². The number of aliphatic hydroxyl groups is 1. The Morgan fingerprint density at radius 2 is 2.00 bits per heavy atom. The molecule has 0 unspecified atom stereocenters. The molecule has 7 nitrogen and oxygen atoms in total. The maximum Gasteiger partial charge on any atom is 0.322 e. The van der Waals surface area contributed by atoms with Crippen molar-refractivity contribution in [1.82, 2.24) is 14.3 Å². The van der Waals surface area contributed by atoms with Crippen LogP contribution in [0.1, 0.15) is 25.5 Å². The van der Waals surface area contributed by atoms with E-state index in [1.54, 1.807) is 23.6 Å². The van der Waals surface area contributed by atoms with Gasteiger partial charge in [0.1, 0.15) is 5.69 Å². The average molecular weight is 358 g/mol. The second-order valence-electron chi connectivity index (χ2n) is 6.93. The van der Waals surface area contributed by atoms with Gasteiger partial charge in [-0.15, -0.1) is 0 Å². The average Bonchev–Trinajstić information content (AvgIpc) is 2.85. The molecule has 2 amide bonds. The molecule has 1 aliphatic heterocycles. The van der Waals surface area contributed by atoms with Gasteiger partial charge in [-0.1, -0.05) is 25.1 Å². The van der Waals surface area contributed by atoms with Gasteiger partial charge in [-0.25, -0.2) is 9.48 Å². The van der Waals surface area contributed by atoms with Gasteiger partial charge in [-0.2, -0.15) is 0 Å². The van der Waals surface area contributed by atoms with Crippen molar-refractivity contribution in [3.05, 3.63) is 46.4 Å². The number of carbonyl (C=O) groups excluding carboxylic acids is 1. The summed E-state index contributed by atoms with van der Waals surface area (Å²) >= 11 is 0. The Kier molecular flexibility index (Phi) is 5.18. The number of benzene rings is 1. The first kappa shape index (κ1) is 18.3. The SMILES string of the molecule is Cc1c(NC(=O)N2CCC[C@H](C)[C@@H]2CO)c(=O)n(-c2ccccc2)n1C. The van der Waals surface area contributed by atoms with Crippen LogP contribution in [0, 0.1) is 12.8 Å². The molecule has 2 atom stereocenters.